The number of ether oxygens (including phenoxy) is 1. The third-order valence-corrected chi connectivity index (χ3v) is 6.45. The van der Waals surface area contributed by atoms with Gasteiger partial charge in [0.25, 0.3) is 5.91 Å². The van der Waals surface area contributed by atoms with Crippen molar-refractivity contribution in [3.05, 3.63) is 28.6 Å². The summed E-state index contributed by atoms with van der Waals surface area (Å²) < 4.78 is 9.55. The lowest BCUT2D eigenvalue weighted by molar-refractivity contribution is 0.0657. The molecule has 0 unspecified atom stereocenters. The highest BCUT2D eigenvalue weighted by Crippen LogP contribution is 2.32. The molecular formula is C20H28N6O2. The van der Waals surface area contributed by atoms with E-state index in [9.17, 15) is 4.79 Å². The number of hydrogen-bond donors (Lipinski definition) is 0. The zero-order valence-electron chi connectivity index (χ0n) is 16.7. The third-order valence-electron chi connectivity index (χ3n) is 6.45. The van der Waals surface area contributed by atoms with E-state index in [1.807, 2.05) is 11.9 Å². The molecule has 3 aliphatic rings. The summed E-state index contributed by atoms with van der Waals surface area (Å²) in [5.41, 5.74) is 3.02. The predicted octanol–water partition coefficient (Wildman–Crippen LogP) is 2.00. The molecule has 2 aromatic rings. The Bertz CT molecular complexity index is 895. The van der Waals surface area contributed by atoms with Crippen LogP contribution in [0.2, 0.25) is 0 Å². The van der Waals surface area contributed by atoms with Gasteiger partial charge in [0, 0.05) is 38.3 Å². The van der Waals surface area contributed by atoms with Crippen molar-refractivity contribution in [2.24, 2.45) is 7.05 Å². The van der Waals surface area contributed by atoms with Crippen molar-refractivity contribution in [1.82, 2.24) is 29.4 Å². The number of nitrogens with zero attached hydrogens (tertiary/aromatic N) is 6. The topological polar surface area (TPSA) is 78.1 Å². The average Bonchev–Trinajstić information content (AvgIpc) is 3.28. The second kappa shape index (κ2) is 6.99. The Kier molecular flexibility index (Phi) is 4.45. The summed E-state index contributed by atoms with van der Waals surface area (Å²) in [4.78, 5) is 15.3. The Morgan fingerprint density at radius 2 is 1.93 bits per heavy atom. The molecule has 4 heterocycles. The second-order valence-electron chi connectivity index (χ2n) is 8.37. The summed E-state index contributed by atoms with van der Waals surface area (Å²) in [6.07, 6.45) is 6.23. The normalized spacial score (nSPS) is 22.8. The van der Waals surface area contributed by atoms with Crippen LogP contribution in [0.15, 0.2) is 0 Å². The molecule has 2 aromatic heterocycles. The van der Waals surface area contributed by atoms with Gasteiger partial charge < -0.3 is 14.2 Å². The van der Waals surface area contributed by atoms with E-state index in [0.717, 1.165) is 80.3 Å². The Balaban J connectivity index is 1.42. The van der Waals surface area contributed by atoms with E-state index in [-0.39, 0.29) is 11.9 Å². The van der Waals surface area contributed by atoms with Crippen LogP contribution < -0.4 is 0 Å². The van der Waals surface area contributed by atoms with Crippen LogP contribution in [0.3, 0.4) is 0 Å². The fourth-order valence-corrected chi connectivity index (χ4v) is 5.05. The van der Waals surface area contributed by atoms with E-state index in [4.69, 9.17) is 4.74 Å². The van der Waals surface area contributed by atoms with Gasteiger partial charge in [0.2, 0.25) is 0 Å². The minimum Gasteiger partial charge on any atom is -0.381 e. The summed E-state index contributed by atoms with van der Waals surface area (Å²) in [5, 5.41) is 13.6. The van der Waals surface area contributed by atoms with E-state index < -0.39 is 0 Å². The van der Waals surface area contributed by atoms with Crippen LogP contribution in [0.5, 0.6) is 0 Å². The van der Waals surface area contributed by atoms with Crippen molar-refractivity contribution in [3.8, 4) is 0 Å². The summed E-state index contributed by atoms with van der Waals surface area (Å²) in [7, 11) is 1.89. The third kappa shape index (κ3) is 2.85. The van der Waals surface area contributed by atoms with Gasteiger partial charge in [0.05, 0.1) is 18.3 Å². The Labute approximate surface area is 164 Å². The van der Waals surface area contributed by atoms with Gasteiger partial charge in [0.1, 0.15) is 11.5 Å². The molecule has 8 heteroatoms. The van der Waals surface area contributed by atoms with Gasteiger partial charge in [0.15, 0.2) is 5.82 Å². The number of aromatic nitrogens is 5. The van der Waals surface area contributed by atoms with Crippen molar-refractivity contribution in [1.29, 1.82) is 0 Å². The monoisotopic (exact) mass is 384 g/mol. The van der Waals surface area contributed by atoms with Crippen LogP contribution in [0.25, 0.3) is 0 Å². The molecule has 1 fully saturated rings. The molecule has 2 aliphatic heterocycles. The maximum atomic E-state index is 13.4. The maximum absolute atomic E-state index is 13.4. The van der Waals surface area contributed by atoms with Gasteiger partial charge in [-0.25, -0.2) is 0 Å². The van der Waals surface area contributed by atoms with Gasteiger partial charge in [-0.15, -0.1) is 10.2 Å². The molecule has 150 valence electrons. The highest BCUT2D eigenvalue weighted by molar-refractivity contribution is 5.94. The largest absolute Gasteiger partial charge is 0.381 e. The van der Waals surface area contributed by atoms with Crippen molar-refractivity contribution < 1.29 is 9.53 Å². The smallest absolute Gasteiger partial charge is 0.272 e. The minimum atomic E-state index is 0.0758. The van der Waals surface area contributed by atoms with Crippen LogP contribution in [0.4, 0.5) is 0 Å². The minimum absolute atomic E-state index is 0.0758. The molecule has 0 N–H and O–H groups in total. The van der Waals surface area contributed by atoms with Crippen LogP contribution in [0, 0.1) is 0 Å². The van der Waals surface area contributed by atoms with Crippen LogP contribution in [0.1, 0.15) is 78.0 Å². The molecule has 0 aromatic carbocycles. The number of amides is 1. The SMILES string of the molecule is C[C@H]1CN(C(=O)c2c3c(nn2C)CCCC3)Cc2nnc(C3CCOCC3)n21. The lowest BCUT2D eigenvalue weighted by Gasteiger charge is -2.34. The molecule has 1 aliphatic carbocycles. The van der Waals surface area contributed by atoms with Gasteiger partial charge >= 0.3 is 0 Å². The quantitative estimate of drug-likeness (QED) is 0.791. The fraction of sp³-hybridized carbons (Fsp3) is 0.700. The molecule has 5 rings (SSSR count). The van der Waals surface area contributed by atoms with Crippen molar-refractivity contribution in [3.63, 3.8) is 0 Å². The number of rotatable bonds is 2. The maximum Gasteiger partial charge on any atom is 0.272 e. The Morgan fingerprint density at radius 3 is 2.75 bits per heavy atom. The average molecular weight is 384 g/mol. The number of carbonyl (C=O) groups is 1. The van der Waals surface area contributed by atoms with Gasteiger partial charge in [-0.2, -0.15) is 5.10 Å². The fourth-order valence-electron chi connectivity index (χ4n) is 5.05. The van der Waals surface area contributed by atoms with Crippen molar-refractivity contribution >= 4 is 5.91 Å². The summed E-state index contributed by atoms with van der Waals surface area (Å²) in [5.74, 6) is 2.44. The highest BCUT2D eigenvalue weighted by atomic mass is 16.5. The molecule has 1 atom stereocenters. The van der Waals surface area contributed by atoms with Crippen molar-refractivity contribution in [2.75, 3.05) is 19.8 Å². The molecular weight excluding hydrogens is 356 g/mol. The lowest BCUT2D eigenvalue weighted by atomic mass is 9.95. The summed E-state index contributed by atoms with van der Waals surface area (Å²) >= 11 is 0. The zero-order valence-corrected chi connectivity index (χ0v) is 16.7. The van der Waals surface area contributed by atoms with Gasteiger partial charge in [-0.1, -0.05) is 0 Å². The molecule has 0 radical (unpaired) electrons. The number of fused-ring (bicyclic) bond motifs is 2. The van der Waals surface area contributed by atoms with E-state index >= 15 is 0 Å². The van der Waals surface area contributed by atoms with Crippen molar-refractivity contribution in [2.45, 2.75) is 64.0 Å². The number of aryl methyl sites for hydroxylation is 2. The van der Waals surface area contributed by atoms with Gasteiger partial charge in [-0.05, 0) is 45.4 Å². The van der Waals surface area contributed by atoms with E-state index in [1.54, 1.807) is 4.68 Å². The number of hydrogen-bond acceptors (Lipinski definition) is 5. The van der Waals surface area contributed by atoms with Crippen LogP contribution in [-0.2, 0) is 31.2 Å². The van der Waals surface area contributed by atoms with E-state index in [1.165, 1.54) is 0 Å². The first kappa shape index (κ1) is 17.8. The molecule has 0 bridgehead atoms. The highest BCUT2D eigenvalue weighted by Gasteiger charge is 2.35. The molecule has 8 nitrogen and oxygen atoms in total. The second-order valence-corrected chi connectivity index (χ2v) is 8.37. The first-order valence-electron chi connectivity index (χ1n) is 10.5. The molecule has 0 saturated carbocycles. The summed E-state index contributed by atoms with van der Waals surface area (Å²) in [6, 6.07) is 0.171. The molecule has 0 spiro atoms. The first-order valence-corrected chi connectivity index (χ1v) is 10.5. The first-order chi connectivity index (χ1) is 13.6. The standard InChI is InChI=1S/C20H28N6O2/c1-13-11-25(20(27)18-15-5-3-4-6-16(15)23-24(18)2)12-17-21-22-19(26(13)17)14-7-9-28-10-8-14/h13-14H,3-12H2,1-2H3/t13-/m0/s1. The lowest BCUT2D eigenvalue weighted by Crippen LogP contribution is -2.42. The molecule has 1 amide bonds. The molecule has 28 heavy (non-hydrogen) atoms. The van der Waals surface area contributed by atoms with Crippen LogP contribution >= 0.6 is 0 Å². The van der Waals surface area contributed by atoms with Crippen LogP contribution in [-0.4, -0.2) is 55.1 Å². The molecule has 1 saturated heterocycles. The van der Waals surface area contributed by atoms with E-state index in [2.05, 4.69) is 26.8 Å². The van der Waals surface area contributed by atoms with Gasteiger partial charge in [-0.3, -0.25) is 9.48 Å². The Morgan fingerprint density at radius 1 is 1.14 bits per heavy atom. The van der Waals surface area contributed by atoms with E-state index in [0.29, 0.717) is 19.0 Å². The summed E-state index contributed by atoms with van der Waals surface area (Å²) in [6.45, 7) is 4.93. The number of carbonyl (C=O) groups excluding carboxylic acids is 1. The zero-order chi connectivity index (χ0) is 19.3. The predicted molar refractivity (Wildman–Crippen MR) is 102 cm³/mol. The Hall–Kier alpha value is -2.22.